The zero-order valence-electron chi connectivity index (χ0n) is 16.6. The van der Waals surface area contributed by atoms with Gasteiger partial charge in [0.15, 0.2) is 0 Å². The Morgan fingerprint density at radius 2 is 1.80 bits per heavy atom. The number of likely N-dealkylation sites (tertiary alicyclic amines) is 1. The van der Waals surface area contributed by atoms with E-state index in [1.54, 1.807) is 34.9 Å². The number of carbonyl (C=O) groups excluding carboxylic acids is 2. The lowest BCUT2D eigenvalue weighted by molar-refractivity contribution is -0.129. The zero-order valence-corrected chi connectivity index (χ0v) is 17.4. The Balaban J connectivity index is 1.37. The molecule has 4 rings (SSSR count). The van der Waals surface area contributed by atoms with E-state index in [-0.39, 0.29) is 22.6 Å². The fraction of sp³-hybridized carbons (Fsp3) is 0.304. The topological polar surface area (TPSA) is 52.7 Å². The number of urea groups is 1. The summed E-state index contributed by atoms with van der Waals surface area (Å²) < 4.78 is 13.3. The lowest BCUT2D eigenvalue weighted by atomic mass is 10.0. The predicted molar refractivity (Wildman–Crippen MR) is 119 cm³/mol. The standard InChI is InChI=1S/C23H24FN3O2S/c24-19-7-4-8-20(17-19)25-22(29)26-13-11-23(12-14-26)27(15-16-30-23)21(28)10-9-18-5-2-1-3-6-18/h1-10,17H,11-16H2,(H,25,29). The highest BCUT2D eigenvalue weighted by Crippen LogP contribution is 2.44. The van der Waals surface area contributed by atoms with Gasteiger partial charge in [0.25, 0.3) is 0 Å². The van der Waals surface area contributed by atoms with Crippen molar-refractivity contribution in [1.29, 1.82) is 0 Å². The second kappa shape index (κ2) is 8.92. The Hall–Kier alpha value is -2.80. The smallest absolute Gasteiger partial charge is 0.321 e. The van der Waals surface area contributed by atoms with Crippen molar-refractivity contribution in [2.45, 2.75) is 17.7 Å². The summed E-state index contributed by atoms with van der Waals surface area (Å²) >= 11 is 1.81. The maximum atomic E-state index is 13.3. The van der Waals surface area contributed by atoms with Gasteiger partial charge in [-0.3, -0.25) is 4.79 Å². The summed E-state index contributed by atoms with van der Waals surface area (Å²) in [5.74, 6) is 0.535. The van der Waals surface area contributed by atoms with Crippen molar-refractivity contribution in [3.05, 3.63) is 72.1 Å². The molecule has 1 N–H and O–H groups in total. The Labute approximate surface area is 179 Å². The zero-order chi connectivity index (χ0) is 21.0. The van der Waals surface area contributed by atoms with Crippen LogP contribution in [0, 0.1) is 5.82 Å². The van der Waals surface area contributed by atoms with Gasteiger partial charge < -0.3 is 15.1 Å². The van der Waals surface area contributed by atoms with Gasteiger partial charge in [-0.05, 0) is 42.7 Å². The molecule has 0 radical (unpaired) electrons. The van der Waals surface area contributed by atoms with E-state index in [2.05, 4.69) is 5.32 Å². The van der Waals surface area contributed by atoms with Gasteiger partial charge in [-0.15, -0.1) is 11.8 Å². The number of hydrogen-bond acceptors (Lipinski definition) is 3. The Kier molecular flexibility index (Phi) is 6.08. The van der Waals surface area contributed by atoms with E-state index in [0.29, 0.717) is 18.8 Å². The first-order valence-electron chi connectivity index (χ1n) is 10.1. The van der Waals surface area contributed by atoms with Crippen LogP contribution in [0.3, 0.4) is 0 Å². The minimum Gasteiger partial charge on any atom is -0.324 e. The molecule has 30 heavy (non-hydrogen) atoms. The SMILES string of the molecule is O=C(Nc1cccc(F)c1)N1CCC2(CC1)SCCN2C(=O)C=Cc1ccccc1. The van der Waals surface area contributed by atoms with E-state index in [9.17, 15) is 14.0 Å². The molecule has 2 fully saturated rings. The van der Waals surface area contributed by atoms with E-state index < -0.39 is 0 Å². The van der Waals surface area contributed by atoms with Crippen LogP contribution >= 0.6 is 11.8 Å². The number of carbonyl (C=O) groups is 2. The molecule has 2 aromatic rings. The monoisotopic (exact) mass is 425 g/mol. The normalized spacial score (nSPS) is 18.2. The lowest BCUT2D eigenvalue weighted by Gasteiger charge is -2.43. The lowest BCUT2D eigenvalue weighted by Crippen LogP contribution is -2.53. The third-order valence-electron chi connectivity index (χ3n) is 5.57. The number of nitrogens with one attached hydrogen (secondary N) is 1. The molecule has 0 bridgehead atoms. The van der Waals surface area contributed by atoms with E-state index >= 15 is 0 Å². The van der Waals surface area contributed by atoms with Crippen LogP contribution in [0.25, 0.3) is 6.08 Å². The van der Waals surface area contributed by atoms with E-state index in [0.717, 1.165) is 30.7 Å². The van der Waals surface area contributed by atoms with Crippen LogP contribution in [-0.4, -0.2) is 52.0 Å². The first-order chi connectivity index (χ1) is 14.6. The number of nitrogens with zero attached hydrogens (tertiary/aromatic N) is 2. The first-order valence-corrected chi connectivity index (χ1v) is 11.0. The van der Waals surface area contributed by atoms with Gasteiger partial charge in [0, 0.05) is 37.2 Å². The average molecular weight is 426 g/mol. The largest absolute Gasteiger partial charge is 0.324 e. The molecule has 5 nitrogen and oxygen atoms in total. The minimum atomic E-state index is -0.384. The maximum Gasteiger partial charge on any atom is 0.321 e. The fourth-order valence-corrected chi connectivity index (χ4v) is 5.45. The molecule has 2 saturated heterocycles. The molecule has 0 unspecified atom stereocenters. The molecular formula is C23H24FN3O2S. The van der Waals surface area contributed by atoms with E-state index in [1.165, 1.54) is 12.1 Å². The summed E-state index contributed by atoms with van der Waals surface area (Å²) in [6.07, 6.45) is 4.94. The summed E-state index contributed by atoms with van der Waals surface area (Å²) in [6.45, 7) is 1.83. The Morgan fingerprint density at radius 1 is 1.03 bits per heavy atom. The van der Waals surface area contributed by atoms with Crippen molar-refractivity contribution < 1.29 is 14.0 Å². The number of rotatable bonds is 3. The highest BCUT2D eigenvalue weighted by Gasteiger charge is 2.46. The van der Waals surface area contributed by atoms with Gasteiger partial charge in [-0.1, -0.05) is 36.4 Å². The van der Waals surface area contributed by atoms with Crippen LogP contribution in [0.5, 0.6) is 0 Å². The number of amides is 3. The molecule has 7 heteroatoms. The number of halogens is 1. The van der Waals surface area contributed by atoms with Crippen molar-refractivity contribution in [2.24, 2.45) is 0 Å². The van der Waals surface area contributed by atoms with Crippen molar-refractivity contribution in [3.63, 3.8) is 0 Å². The molecule has 0 atom stereocenters. The van der Waals surface area contributed by atoms with Gasteiger partial charge in [0.2, 0.25) is 5.91 Å². The van der Waals surface area contributed by atoms with Crippen LogP contribution in [0.4, 0.5) is 14.9 Å². The molecule has 1 spiro atoms. The number of benzene rings is 2. The van der Waals surface area contributed by atoms with Crippen molar-refractivity contribution in [2.75, 3.05) is 30.7 Å². The van der Waals surface area contributed by atoms with Gasteiger partial charge in [0.05, 0.1) is 4.87 Å². The summed E-state index contributed by atoms with van der Waals surface area (Å²) in [5.41, 5.74) is 1.44. The molecule has 2 aliphatic rings. The van der Waals surface area contributed by atoms with E-state index in [4.69, 9.17) is 0 Å². The van der Waals surface area contributed by atoms with Gasteiger partial charge in [0.1, 0.15) is 5.82 Å². The third-order valence-corrected chi connectivity index (χ3v) is 7.12. The molecule has 3 amide bonds. The molecule has 2 heterocycles. The second-order valence-electron chi connectivity index (χ2n) is 7.46. The van der Waals surface area contributed by atoms with Crippen molar-refractivity contribution in [3.8, 4) is 0 Å². The third kappa shape index (κ3) is 4.51. The van der Waals surface area contributed by atoms with Crippen LogP contribution < -0.4 is 5.32 Å². The molecule has 156 valence electrons. The van der Waals surface area contributed by atoms with E-state index in [1.807, 2.05) is 41.3 Å². The Morgan fingerprint density at radius 3 is 2.53 bits per heavy atom. The number of hydrogen-bond donors (Lipinski definition) is 1. The molecule has 2 aliphatic heterocycles. The first kappa shape index (κ1) is 20.5. The van der Waals surface area contributed by atoms with Crippen LogP contribution in [0.2, 0.25) is 0 Å². The van der Waals surface area contributed by atoms with Gasteiger partial charge in [-0.2, -0.15) is 0 Å². The highest BCUT2D eigenvalue weighted by atomic mass is 32.2. The summed E-state index contributed by atoms with van der Waals surface area (Å²) in [5, 5.41) is 2.75. The molecule has 2 aromatic carbocycles. The van der Waals surface area contributed by atoms with Crippen molar-refractivity contribution in [1.82, 2.24) is 9.80 Å². The maximum absolute atomic E-state index is 13.3. The number of piperidine rings is 1. The van der Waals surface area contributed by atoms with Gasteiger partial charge in [-0.25, -0.2) is 9.18 Å². The second-order valence-corrected chi connectivity index (χ2v) is 8.91. The number of thioether (sulfide) groups is 1. The minimum absolute atomic E-state index is 0.0153. The summed E-state index contributed by atoms with van der Waals surface area (Å²) in [4.78, 5) is 28.9. The quantitative estimate of drug-likeness (QED) is 0.740. The average Bonchev–Trinajstić information content (AvgIpc) is 3.16. The summed E-state index contributed by atoms with van der Waals surface area (Å²) in [7, 11) is 0. The molecule has 0 aromatic heterocycles. The summed E-state index contributed by atoms with van der Waals surface area (Å²) in [6, 6.07) is 15.4. The highest BCUT2D eigenvalue weighted by molar-refractivity contribution is 8.00. The molecule has 0 aliphatic carbocycles. The van der Waals surface area contributed by atoms with Crippen LogP contribution in [-0.2, 0) is 4.79 Å². The van der Waals surface area contributed by atoms with Crippen LogP contribution in [0.15, 0.2) is 60.7 Å². The Bertz CT molecular complexity index is 942. The molecular weight excluding hydrogens is 401 g/mol. The fourth-order valence-electron chi connectivity index (χ4n) is 3.98. The van der Waals surface area contributed by atoms with Crippen molar-refractivity contribution >= 4 is 35.5 Å². The molecule has 0 saturated carbocycles. The predicted octanol–water partition coefficient (Wildman–Crippen LogP) is 4.44. The van der Waals surface area contributed by atoms with Gasteiger partial charge >= 0.3 is 6.03 Å². The number of anilines is 1. The van der Waals surface area contributed by atoms with Crippen LogP contribution in [0.1, 0.15) is 18.4 Å².